The van der Waals surface area contributed by atoms with Gasteiger partial charge in [0.05, 0.1) is 0 Å². The van der Waals surface area contributed by atoms with E-state index in [0.29, 0.717) is 18.3 Å². The molecule has 1 heterocycles. The van der Waals surface area contributed by atoms with Crippen molar-refractivity contribution < 1.29 is 4.74 Å². The molecule has 1 aromatic heterocycles. The molecule has 0 radical (unpaired) electrons. The third kappa shape index (κ3) is 3.55. The molecule has 4 N–H and O–H groups in total. The van der Waals surface area contributed by atoms with Crippen molar-refractivity contribution in [2.75, 3.05) is 24.7 Å². The number of ether oxygens (including phenoxy) is 1. The van der Waals surface area contributed by atoms with Gasteiger partial charge in [0.2, 0.25) is 11.9 Å². The fourth-order valence-corrected chi connectivity index (χ4v) is 1.60. The van der Waals surface area contributed by atoms with Gasteiger partial charge in [0.1, 0.15) is 12.4 Å². The molecular weight excluding hydrogens is 256 g/mol. The molecule has 7 heteroatoms. The Morgan fingerprint density at radius 2 is 2.00 bits per heavy atom. The molecule has 1 aromatic carbocycles. The summed E-state index contributed by atoms with van der Waals surface area (Å²) in [7, 11) is 3.67. The molecular formula is C13H18N6O. The number of nitrogens with zero attached hydrogens (tertiary/aromatic N) is 4. The molecule has 7 nitrogen and oxygen atoms in total. The van der Waals surface area contributed by atoms with Crippen LogP contribution in [0, 0.1) is 0 Å². The van der Waals surface area contributed by atoms with Crippen LogP contribution in [0.25, 0.3) is 0 Å². The fraction of sp³-hybridized carbons (Fsp3) is 0.308. The predicted molar refractivity (Wildman–Crippen MR) is 77.2 cm³/mol. The van der Waals surface area contributed by atoms with Gasteiger partial charge in [-0.3, -0.25) is 0 Å². The molecule has 20 heavy (non-hydrogen) atoms. The van der Waals surface area contributed by atoms with Gasteiger partial charge in [0.15, 0.2) is 5.82 Å². The lowest BCUT2D eigenvalue weighted by atomic mass is 10.2. The Hall–Kier alpha value is -2.41. The summed E-state index contributed by atoms with van der Waals surface area (Å²) in [5.41, 5.74) is 12.2. The minimum absolute atomic E-state index is 0.179. The highest BCUT2D eigenvalue weighted by molar-refractivity contribution is 5.33. The first kappa shape index (κ1) is 14.0. The molecule has 0 atom stereocenters. The highest BCUT2D eigenvalue weighted by Crippen LogP contribution is 2.14. The van der Waals surface area contributed by atoms with Crippen LogP contribution >= 0.6 is 0 Å². The number of hydrogen-bond acceptors (Lipinski definition) is 7. The van der Waals surface area contributed by atoms with Crippen LogP contribution in [-0.2, 0) is 13.2 Å². The van der Waals surface area contributed by atoms with Crippen LogP contribution in [0.5, 0.6) is 5.75 Å². The van der Waals surface area contributed by atoms with E-state index < -0.39 is 0 Å². The van der Waals surface area contributed by atoms with Crippen molar-refractivity contribution in [3.63, 3.8) is 0 Å². The normalized spacial score (nSPS) is 10.3. The zero-order valence-corrected chi connectivity index (χ0v) is 11.6. The summed E-state index contributed by atoms with van der Waals surface area (Å²) in [5.74, 6) is 1.89. The van der Waals surface area contributed by atoms with Crippen molar-refractivity contribution in [3.8, 4) is 5.75 Å². The molecule has 0 aliphatic heterocycles. The minimum Gasteiger partial charge on any atom is -0.486 e. The van der Waals surface area contributed by atoms with Crippen LogP contribution in [0.2, 0.25) is 0 Å². The highest BCUT2D eigenvalue weighted by Gasteiger charge is 2.07. The molecule has 0 fully saturated rings. The summed E-state index contributed by atoms with van der Waals surface area (Å²) >= 11 is 0. The summed E-state index contributed by atoms with van der Waals surface area (Å²) in [4.78, 5) is 14.1. The first-order chi connectivity index (χ1) is 9.58. The monoisotopic (exact) mass is 274 g/mol. The first-order valence-corrected chi connectivity index (χ1v) is 6.18. The van der Waals surface area contributed by atoms with Gasteiger partial charge in [0, 0.05) is 20.6 Å². The van der Waals surface area contributed by atoms with Crippen molar-refractivity contribution in [2.45, 2.75) is 13.2 Å². The van der Waals surface area contributed by atoms with E-state index in [-0.39, 0.29) is 12.6 Å². The van der Waals surface area contributed by atoms with E-state index in [4.69, 9.17) is 16.2 Å². The fourth-order valence-electron chi connectivity index (χ4n) is 1.60. The third-order valence-electron chi connectivity index (χ3n) is 2.59. The van der Waals surface area contributed by atoms with E-state index in [1.807, 2.05) is 38.4 Å². The maximum absolute atomic E-state index is 5.65. The second-order valence-corrected chi connectivity index (χ2v) is 4.44. The third-order valence-corrected chi connectivity index (χ3v) is 2.59. The number of benzene rings is 1. The van der Waals surface area contributed by atoms with Gasteiger partial charge < -0.3 is 21.1 Å². The average Bonchev–Trinajstić information content (AvgIpc) is 2.44. The molecule has 0 spiro atoms. The van der Waals surface area contributed by atoms with Crippen molar-refractivity contribution >= 4 is 11.9 Å². The lowest BCUT2D eigenvalue weighted by molar-refractivity contribution is 0.295. The Kier molecular flexibility index (Phi) is 4.31. The topological polar surface area (TPSA) is 103 Å². The summed E-state index contributed by atoms with van der Waals surface area (Å²) in [5, 5.41) is 0. The second kappa shape index (κ2) is 6.16. The molecule has 0 unspecified atom stereocenters. The number of nitrogens with two attached hydrogens (primary N) is 2. The van der Waals surface area contributed by atoms with Gasteiger partial charge in [-0.15, -0.1) is 0 Å². The average molecular weight is 274 g/mol. The molecule has 0 aliphatic rings. The molecule has 0 bridgehead atoms. The number of aromatic nitrogens is 3. The van der Waals surface area contributed by atoms with E-state index >= 15 is 0 Å². The van der Waals surface area contributed by atoms with Gasteiger partial charge in [-0.1, -0.05) is 12.1 Å². The molecule has 0 saturated carbocycles. The molecule has 2 rings (SSSR count). The van der Waals surface area contributed by atoms with E-state index in [1.165, 1.54) is 0 Å². The van der Waals surface area contributed by atoms with Crippen LogP contribution < -0.4 is 21.1 Å². The molecule has 106 valence electrons. The van der Waals surface area contributed by atoms with Crippen LogP contribution in [-0.4, -0.2) is 29.0 Å². The van der Waals surface area contributed by atoms with Gasteiger partial charge in [-0.2, -0.15) is 15.0 Å². The van der Waals surface area contributed by atoms with Crippen molar-refractivity contribution in [1.82, 2.24) is 15.0 Å². The van der Waals surface area contributed by atoms with E-state index in [9.17, 15) is 0 Å². The minimum atomic E-state index is 0.179. The highest BCUT2D eigenvalue weighted by atomic mass is 16.5. The van der Waals surface area contributed by atoms with Crippen molar-refractivity contribution in [2.24, 2.45) is 5.73 Å². The van der Waals surface area contributed by atoms with Gasteiger partial charge in [-0.25, -0.2) is 0 Å². The number of hydrogen-bond donors (Lipinski definition) is 2. The van der Waals surface area contributed by atoms with E-state index in [1.54, 1.807) is 4.90 Å². The van der Waals surface area contributed by atoms with E-state index in [2.05, 4.69) is 15.0 Å². The number of nitrogen functional groups attached to an aromatic ring is 1. The van der Waals surface area contributed by atoms with Crippen molar-refractivity contribution in [3.05, 3.63) is 35.7 Å². The largest absolute Gasteiger partial charge is 0.486 e. The molecule has 0 aliphatic carbocycles. The Balaban J connectivity index is 2.10. The number of anilines is 2. The Morgan fingerprint density at radius 1 is 1.20 bits per heavy atom. The summed E-state index contributed by atoms with van der Waals surface area (Å²) < 4.78 is 5.64. The van der Waals surface area contributed by atoms with Gasteiger partial charge >= 0.3 is 0 Å². The lowest BCUT2D eigenvalue weighted by Crippen LogP contribution is -2.16. The molecule has 2 aromatic rings. The quantitative estimate of drug-likeness (QED) is 0.820. The Labute approximate surface area is 117 Å². The van der Waals surface area contributed by atoms with Crippen molar-refractivity contribution in [1.29, 1.82) is 0 Å². The number of rotatable bonds is 5. The molecule has 0 saturated heterocycles. The van der Waals surface area contributed by atoms with Crippen LogP contribution in [0.15, 0.2) is 24.3 Å². The first-order valence-electron chi connectivity index (χ1n) is 6.18. The maximum atomic E-state index is 5.65. The summed E-state index contributed by atoms with van der Waals surface area (Å²) in [6.45, 7) is 0.697. The summed E-state index contributed by atoms with van der Waals surface area (Å²) in [6.07, 6.45) is 0. The SMILES string of the molecule is CN(C)c1nc(N)nc(COc2cccc(CN)c2)n1. The van der Waals surface area contributed by atoms with Crippen LogP contribution in [0.4, 0.5) is 11.9 Å². The smallest absolute Gasteiger partial charge is 0.230 e. The zero-order valence-electron chi connectivity index (χ0n) is 11.6. The summed E-state index contributed by atoms with van der Waals surface area (Å²) in [6, 6.07) is 7.58. The van der Waals surface area contributed by atoms with Crippen LogP contribution in [0.3, 0.4) is 0 Å². The Bertz CT molecular complexity index is 587. The standard InChI is InChI=1S/C13H18N6O/c1-19(2)13-17-11(16-12(15)18-13)8-20-10-5-3-4-9(6-10)7-14/h3-6H,7-8,14H2,1-2H3,(H2,15,16,17,18). The second-order valence-electron chi connectivity index (χ2n) is 4.44. The molecule has 0 amide bonds. The predicted octanol–water partition coefficient (Wildman–Crippen LogP) is 0.557. The maximum Gasteiger partial charge on any atom is 0.230 e. The van der Waals surface area contributed by atoms with E-state index in [0.717, 1.165) is 11.3 Å². The Morgan fingerprint density at radius 3 is 2.70 bits per heavy atom. The van der Waals surface area contributed by atoms with Gasteiger partial charge in [0.25, 0.3) is 0 Å². The lowest BCUT2D eigenvalue weighted by Gasteiger charge is -2.12. The van der Waals surface area contributed by atoms with Gasteiger partial charge in [-0.05, 0) is 17.7 Å². The van der Waals surface area contributed by atoms with Crippen LogP contribution in [0.1, 0.15) is 11.4 Å². The zero-order chi connectivity index (χ0) is 14.5.